The topological polar surface area (TPSA) is 91.5 Å². The zero-order chi connectivity index (χ0) is 16.2. The fourth-order valence-electron chi connectivity index (χ4n) is 3.21. The summed E-state index contributed by atoms with van der Waals surface area (Å²) in [5.74, 6) is -0.705. The summed E-state index contributed by atoms with van der Waals surface area (Å²) >= 11 is 2.25. The lowest BCUT2D eigenvalue weighted by Crippen LogP contribution is -2.31. The molecule has 0 spiro atoms. The van der Waals surface area contributed by atoms with Gasteiger partial charge in [-0.3, -0.25) is 4.57 Å². The smallest absolute Gasteiger partial charge is 0.166 e. The van der Waals surface area contributed by atoms with Crippen molar-refractivity contribution in [1.29, 1.82) is 0 Å². The van der Waals surface area contributed by atoms with Crippen molar-refractivity contribution in [3.63, 3.8) is 0 Å². The van der Waals surface area contributed by atoms with Crippen LogP contribution in [0.3, 0.4) is 0 Å². The Morgan fingerprint density at radius 1 is 1.26 bits per heavy atom. The van der Waals surface area contributed by atoms with Crippen molar-refractivity contribution in [1.82, 2.24) is 19.5 Å². The summed E-state index contributed by atoms with van der Waals surface area (Å²) in [7, 11) is 0. The standard InChI is InChI=1S/C14H17IN4O4/c1-14(2)22-10-8(4-20)21-13(11(10)23-14)19-6-18-9-7(3-15)16-5-17-12(9)19/h5-6,8,10-11,13,20H,3-4H2,1-2H3/t8-,10-,11-,13-/m1/s1. The van der Waals surface area contributed by atoms with Crippen LogP contribution in [0.25, 0.3) is 11.2 Å². The van der Waals surface area contributed by atoms with E-state index >= 15 is 0 Å². The van der Waals surface area contributed by atoms with Crippen LogP contribution in [0.4, 0.5) is 0 Å². The van der Waals surface area contributed by atoms with Gasteiger partial charge in [0.1, 0.15) is 30.2 Å². The van der Waals surface area contributed by atoms with Crippen LogP contribution in [-0.2, 0) is 18.6 Å². The van der Waals surface area contributed by atoms with E-state index in [4.69, 9.17) is 14.2 Å². The molecule has 2 aliphatic rings. The molecular formula is C14H17IN4O4. The number of aliphatic hydroxyl groups excluding tert-OH is 1. The molecule has 4 heterocycles. The Labute approximate surface area is 146 Å². The van der Waals surface area contributed by atoms with E-state index in [2.05, 4.69) is 37.5 Å². The first-order valence-corrected chi connectivity index (χ1v) is 8.91. The van der Waals surface area contributed by atoms with Gasteiger partial charge in [0.15, 0.2) is 17.7 Å². The third-order valence-corrected chi connectivity index (χ3v) is 4.86. The quantitative estimate of drug-likeness (QED) is 0.575. The normalized spacial score (nSPS) is 32.5. The highest BCUT2D eigenvalue weighted by atomic mass is 127. The maximum atomic E-state index is 9.58. The van der Waals surface area contributed by atoms with Gasteiger partial charge in [-0.25, -0.2) is 15.0 Å². The molecular weight excluding hydrogens is 415 g/mol. The number of halogens is 1. The maximum absolute atomic E-state index is 9.58. The highest BCUT2D eigenvalue weighted by Crippen LogP contribution is 2.43. The fourth-order valence-corrected chi connectivity index (χ4v) is 3.77. The Balaban J connectivity index is 1.76. The third kappa shape index (κ3) is 2.45. The number of alkyl halides is 1. The van der Waals surface area contributed by atoms with Crippen LogP contribution in [0.15, 0.2) is 12.7 Å². The van der Waals surface area contributed by atoms with Gasteiger partial charge in [0, 0.05) is 4.43 Å². The summed E-state index contributed by atoms with van der Waals surface area (Å²) in [5, 5.41) is 9.58. The Morgan fingerprint density at radius 3 is 2.78 bits per heavy atom. The molecule has 2 aromatic heterocycles. The van der Waals surface area contributed by atoms with Crippen LogP contribution in [0.2, 0.25) is 0 Å². The summed E-state index contributed by atoms with van der Waals surface area (Å²) in [6.07, 6.45) is 1.70. The molecule has 0 radical (unpaired) electrons. The molecule has 0 amide bonds. The monoisotopic (exact) mass is 432 g/mol. The summed E-state index contributed by atoms with van der Waals surface area (Å²) in [5.41, 5.74) is 2.33. The average Bonchev–Trinajstić information content (AvgIpc) is 3.17. The number of hydrogen-bond donors (Lipinski definition) is 1. The van der Waals surface area contributed by atoms with Gasteiger partial charge in [-0.05, 0) is 13.8 Å². The van der Waals surface area contributed by atoms with Crippen molar-refractivity contribution in [3.05, 3.63) is 18.3 Å². The maximum Gasteiger partial charge on any atom is 0.166 e. The minimum atomic E-state index is -0.705. The summed E-state index contributed by atoms with van der Waals surface area (Å²) < 4.78 is 20.4. The van der Waals surface area contributed by atoms with Crippen molar-refractivity contribution in [3.8, 4) is 0 Å². The first kappa shape index (κ1) is 15.6. The molecule has 0 bridgehead atoms. The van der Waals surface area contributed by atoms with E-state index in [0.29, 0.717) is 5.65 Å². The van der Waals surface area contributed by atoms with Crippen LogP contribution in [0, 0.1) is 0 Å². The Hall–Kier alpha value is -0.880. The van der Waals surface area contributed by atoms with Crippen molar-refractivity contribution >= 4 is 33.8 Å². The van der Waals surface area contributed by atoms with Crippen LogP contribution in [0.1, 0.15) is 25.8 Å². The van der Waals surface area contributed by atoms with Gasteiger partial charge in [-0.1, -0.05) is 22.6 Å². The summed E-state index contributed by atoms with van der Waals surface area (Å²) in [6, 6.07) is 0. The Kier molecular flexibility index (Phi) is 3.80. The summed E-state index contributed by atoms with van der Waals surface area (Å²) in [4.78, 5) is 13.0. The molecule has 2 saturated heterocycles. The van der Waals surface area contributed by atoms with E-state index in [0.717, 1.165) is 15.6 Å². The van der Waals surface area contributed by atoms with E-state index in [1.807, 2.05) is 18.4 Å². The second kappa shape index (κ2) is 5.59. The highest BCUT2D eigenvalue weighted by molar-refractivity contribution is 14.1. The number of aliphatic hydroxyl groups is 1. The molecule has 23 heavy (non-hydrogen) atoms. The molecule has 0 unspecified atom stereocenters. The third-order valence-electron chi connectivity index (χ3n) is 4.14. The average molecular weight is 432 g/mol. The molecule has 2 aliphatic heterocycles. The molecule has 1 N–H and O–H groups in total. The number of fused-ring (bicyclic) bond motifs is 2. The summed E-state index contributed by atoms with van der Waals surface area (Å²) in [6.45, 7) is 3.59. The minimum Gasteiger partial charge on any atom is -0.394 e. The second-order valence-electron chi connectivity index (χ2n) is 6.09. The Morgan fingerprint density at radius 2 is 2.04 bits per heavy atom. The molecule has 0 aliphatic carbocycles. The number of ether oxygens (including phenoxy) is 3. The first-order chi connectivity index (χ1) is 11.0. The predicted molar refractivity (Wildman–Crippen MR) is 87.9 cm³/mol. The van der Waals surface area contributed by atoms with Crippen molar-refractivity contribution < 1.29 is 19.3 Å². The van der Waals surface area contributed by atoms with Gasteiger partial charge in [-0.15, -0.1) is 0 Å². The van der Waals surface area contributed by atoms with Gasteiger partial charge in [0.2, 0.25) is 0 Å². The number of hydrogen-bond acceptors (Lipinski definition) is 7. The molecule has 8 nitrogen and oxygen atoms in total. The second-order valence-corrected chi connectivity index (χ2v) is 6.85. The van der Waals surface area contributed by atoms with Gasteiger partial charge in [0.25, 0.3) is 0 Å². The van der Waals surface area contributed by atoms with Crippen LogP contribution < -0.4 is 0 Å². The van der Waals surface area contributed by atoms with E-state index < -0.39 is 18.1 Å². The lowest BCUT2D eigenvalue weighted by Gasteiger charge is -2.24. The van der Waals surface area contributed by atoms with E-state index in [9.17, 15) is 5.11 Å². The van der Waals surface area contributed by atoms with E-state index in [1.54, 1.807) is 6.33 Å². The molecule has 4 rings (SSSR count). The van der Waals surface area contributed by atoms with Gasteiger partial charge in [0.05, 0.1) is 18.6 Å². The molecule has 2 fully saturated rings. The Bertz CT molecular complexity index is 737. The van der Waals surface area contributed by atoms with E-state index in [1.165, 1.54) is 6.33 Å². The van der Waals surface area contributed by atoms with E-state index in [-0.39, 0.29) is 18.8 Å². The lowest BCUT2D eigenvalue weighted by molar-refractivity contribution is -0.199. The van der Waals surface area contributed by atoms with Crippen molar-refractivity contribution in [2.75, 3.05) is 6.61 Å². The first-order valence-electron chi connectivity index (χ1n) is 7.38. The van der Waals surface area contributed by atoms with Gasteiger partial charge >= 0.3 is 0 Å². The lowest BCUT2D eigenvalue weighted by atomic mass is 10.1. The van der Waals surface area contributed by atoms with Crippen LogP contribution >= 0.6 is 22.6 Å². The minimum absolute atomic E-state index is 0.127. The predicted octanol–water partition coefficient (Wildman–Crippen LogP) is 1.17. The largest absolute Gasteiger partial charge is 0.394 e. The number of nitrogens with zero attached hydrogens (tertiary/aromatic N) is 4. The molecule has 2 aromatic rings. The van der Waals surface area contributed by atoms with Gasteiger partial charge < -0.3 is 19.3 Å². The van der Waals surface area contributed by atoms with Crippen LogP contribution in [-0.4, -0.2) is 55.3 Å². The van der Waals surface area contributed by atoms with Crippen molar-refractivity contribution in [2.24, 2.45) is 0 Å². The zero-order valence-corrected chi connectivity index (χ0v) is 14.9. The van der Waals surface area contributed by atoms with Crippen LogP contribution in [0.5, 0.6) is 0 Å². The molecule has 9 heteroatoms. The molecule has 4 atom stereocenters. The zero-order valence-electron chi connectivity index (χ0n) is 12.7. The molecule has 0 aromatic carbocycles. The molecule has 0 saturated carbocycles. The number of aromatic nitrogens is 4. The highest BCUT2D eigenvalue weighted by Gasteiger charge is 2.55. The fraction of sp³-hybridized carbons (Fsp3) is 0.643. The number of imidazole rings is 1. The SMILES string of the molecule is CC1(C)O[C@@H]2[C@H](O1)[C@@H](CO)O[C@H]2n1cnc2c(CI)ncnc21. The molecule has 124 valence electrons. The van der Waals surface area contributed by atoms with Gasteiger partial charge in [-0.2, -0.15) is 0 Å². The number of rotatable bonds is 3. The van der Waals surface area contributed by atoms with Crippen molar-refractivity contribution in [2.45, 2.75) is 48.6 Å².